The molecule has 5 aliphatic heterocycles. The Morgan fingerprint density at radius 2 is 1.55 bits per heavy atom. The number of aromatic nitrogens is 1. The zero-order valence-corrected chi connectivity index (χ0v) is 47.5. The molecule has 1 aromatic carbocycles. The summed E-state index contributed by atoms with van der Waals surface area (Å²) in [7, 11) is 1.42. The van der Waals surface area contributed by atoms with Crippen molar-refractivity contribution in [3.05, 3.63) is 115 Å². The van der Waals surface area contributed by atoms with Gasteiger partial charge in [-0.15, -0.1) is 0 Å². The van der Waals surface area contributed by atoms with Crippen LogP contribution in [-0.4, -0.2) is 130 Å². The molecule has 0 radical (unpaired) electrons. The fraction of sp³-hybridized carbons (Fsp3) is 0.541. The summed E-state index contributed by atoms with van der Waals surface area (Å²) in [5.41, 5.74) is 1.83. The first-order chi connectivity index (χ1) is 37.9. The van der Waals surface area contributed by atoms with Crippen molar-refractivity contribution < 1.29 is 67.4 Å². The van der Waals surface area contributed by atoms with Crippen molar-refractivity contribution in [2.75, 3.05) is 44.8 Å². The van der Waals surface area contributed by atoms with Gasteiger partial charge in [-0.05, 0) is 89.0 Å². The molecule has 5 bridgehead atoms. The quantitative estimate of drug-likeness (QED) is 0.163. The topological polar surface area (TPSA) is 232 Å². The minimum Gasteiger partial charge on any atom is -0.507 e. The number of likely N-dealkylation sites (tertiary alicyclic amines) is 1. The van der Waals surface area contributed by atoms with Crippen LogP contribution >= 0.6 is 0 Å². The van der Waals surface area contributed by atoms with Crippen molar-refractivity contribution >= 4 is 40.4 Å². The number of ether oxygens (including phenoxy) is 5. The second-order valence-corrected chi connectivity index (χ2v) is 23.2. The average Bonchev–Trinajstić information content (AvgIpc) is 4.19. The number of benzene rings is 1. The molecule has 19 heteroatoms. The summed E-state index contributed by atoms with van der Waals surface area (Å²) in [6.45, 7) is 18.0. The maximum absolute atomic E-state index is 16.0. The summed E-state index contributed by atoms with van der Waals surface area (Å²) in [5, 5.41) is 37.7. The Bertz CT molecular complexity index is 3220. The van der Waals surface area contributed by atoms with Crippen LogP contribution in [0.4, 0.5) is 10.1 Å². The lowest BCUT2D eigenvalue weighted by atomic mass is 9.78. The van der Waals surface area contributed by atoms with E-state index in [1.54, 1.807) is 51.7 Å². The van der Waals surface area contributed by atoms with Gasteiger partial charge in [-0.3, -0.25) is 33.2 Å². The number of phenols is 1. The second-order valence-electron chi connectivity index (χ2n) is 23.2. The predicted molar refractivity (Wildman–Crippen MR) is 294 cm³/mol. The zero-order valence-electron chi connectivity index (χ0n) is 47.5. The molecule has 4 N–H and O–H groups in total. The number of esters is 1. The third-order valence-electron chi connectivity index (χ3n) is 17.5. The number of hydrogen-bond donors (Lipinski definition) is 4. The number of hydrogen-bond acceptors (Lipinski definition) is 16. The molecule has 80 heavy (non-hydrogen) atoms. The predicted octanol–water partition coefficient (Wildman–Crippen LogP) is 7.21. The molecule has 3 fully saturated rings. The van der Waals surface area contributed by atoms with Gasteiger partial charge >= 0.3 is 11.8 Å². The molecule has 2 aliphatic carbocycles. The van der Waals surface area contributed by atoms with Crippen LogP contribution in [0.3, 0.4) is 0 Å². The van der Waals surface area contributed by atoms with Crippen LogP contribution in [0, 0.1) is 56.2 Å². The molecule has 1 saturated carbocycles. The van der Waals surface area contributed by atoms with E-state index >= 15 is 14.0 Å². The molecule has 430 valence electrons. The van der Waals surface area contributed by atoms with Crippen LogP contribution in [0.1, 0.15) is 140 Å². The SMILES string of the molecule is CO[C@H]1/C=C/O[C@@]2(C)Oc3c(C)c(O)c4c(c3C2=O)C(=O)C(N2CCC(OCC3CCN(c5c(F)cn6c(=O)c(C)cc(C7CC7)c6c5C)C3)CC2)=C(NC(=O)/C(C)=C\C=C\[C@H](C)[C@H](O)[C@@H](C)[C@@H](O)[C@@H](C)[C@H](OC(C)=O)[C@@H]1C)C4=O. The zero-order chi connectivity index (χ0) is 58.0. The number of anilines is 1. The number of Topliss-reactive ketones (excluding diaryl/α,β-unsaturated/α-hetero) is 3. The fourth-order valence-corrected chi connectivity index (χ4v) is 12.5. The highest BCUT2D eigenvalue weighted by molar-refractivity contribution is 6.32. The Kier molecular flexibility index (Phi) is 16.5. The van der Waals surface area contributed by atoms with Crippen LogP contribution < -0.4 is 20.5 Å². The van der Waals surface area contributed by atoms with Crippen LogP contribution in [0.2, 0.25) is 0 Å². The minimum atomic E-state index is -2.13. The molecular formula is C61H75FN4O14. The number of phenolic OH excluding ortho intramolecular Hbond substituents is 1. The molecule has 2 aromatic heterocycles. The molecule has 10 atom stereocenters. The molecule has 1 amide bonds. The number of amides is 1. The molecular weight excluding hydrogens is 1030 g/mol. The van der Waals surface area contributed by atoms with Gasteiger partial charge in [-0.1, -0.05) is 45.9 Å². The van der Waals surface area contributed by atoms with E-state index in [1.807, 2.05) is 17.9 Å². The van der Waals surface area contributed by atoms with E-state index in [4.69, 9.17) is 23.7 Å². The smallest absolute Gasteiger partial charge is 0.312 e. The minimum absolute atomic E-state index is 0.0217. The number of rotatable bonds is 8. The number of nitrogens with zero attached hydrogens (tertiary/aromatic N) is 3. The van der Waals surface area contributed by atoms with Crippen LogP contribution in [-0.2, 0) is 28.5 Å². The number of aromatic hydroxyl groups is 1. The molecule has 18 nitrogen and oxygen atoms in total. The highest BCUT2D eigenvalue weighted by atomic mass is 19.1. The summed E-state index contributed by atoms with van der Waals surface area (Å²) in [6.07, 6.45) is 8.02. The van der Waals surface area contributed by atoms with E-state index < -0.39 is 106 Å². The van der Waals surface area contributed by atoms with Crippen molar-refractivity contribution in [2.24, 2.45) is 29.6 Å². The van der Waals surface area contributed by atoms with Gasteiger partial charge in [0.05, 0.1) is 71.4 Å². The lowest BCUT2D eigenvalue weighted by Crippen LogP contribution is -2.46. The number of carbonyl (C=O) groups is 5. The van der Waals surface area contributed by atoms with Crippen molar-refractivity contribution in [2.45, 2.75) is 144 Å². The fourth-order valence-electron chi connectivity index (χ4n) is 12.5. The summed E-state index contributed by atoms with van der Waals surface area (Å²) in [5.74, 6) is -9.48. The Balaban J connectivity index is 0.993. The number of methoxy groups -OCH3 is 1. The molecule has 2 saturated heterocycles. The van der Waals surface area contributed by atoms with Gasteiger partial charge in [-0.2, -0.15) is 0 Å². The first-order valence-corrected chi connectivity index (χ1v) is 27.9. The van der Waals surface area contributed by atoms with Crippen molar-refractivity contribution in [1.82, 2.24) is 14.6 Å². The van der Waals surface area contributed by atoms with E-state index in [9.17, 15) is 34.5 Å². The van der Waals surface area contributed by atoms with Crippen LogP contribution in [0.15, 0.2) is 64.6 Å². The first kappa shape index (κ1) is 58.0. The highest BCUT2D eigenvalue weighted by Crippen LogP contribution is 2.50. The van der Waals surface area contributed by atoms with Gasteiger partial charge < -0.3 is 54.1 Å². The summed E-state index contributed by atoms with van der Waals surface area (Å²) in [6, 6.07) is 1.96. The van der Waals surface area contributed by atoms with Gasteiger partial charge in [-0.25, -0.2) is 4.39 Å². The standard InChI is InChI=1S/C61H75FN4O14/c1-29-13-12-14-30(2)59(74)63-47-50(64-22-18-40(19-23-64)77-28-38-17-21-65(26-38)49-33(5)48-41(39-15-16-39)25-31(3)60(75)66(48)27-42(49)62)55(72)44-45(54(47)71)53(70)36(8)57-46(44)58(73)61(10,80-57)78-24-20-43(76-11)32(4)56(79-37(9)67)35(7)52(69)34(6)51(29)68/h12-14,20,24-25,27,29,32,34-35,38-40,43,51-52,56,68-70H,15-19,21-23,26,28H2,1-11H3,(H,63,74)/b13-12+,24-20+,30-14-/t29-,32+,34+,35+,38?,43-,51-,52+,56+,61-/m0/s1. The van der Waals surface area contributed by atoms with Crippen LogP contribution in [0.25, 0.3) is 5.52 Å². The van der Waals surface area contributed by atoms with Gasteiger partial charge in [0.2, 0.25) is 11.6 Å². The first-order valence-electron chi connectivity index (χ1n) is 27.9. The van der Waals surface area contributed by atoms with E-state index in [2.05, 4.69) is 5.32 Å². The third-order valence-corrected chi connectivity index (χ3v) is 17.5. The Labute approximate surface area is 465 Å². The number of aryl methyl sites for hydroxylation is 2. The lowest BCUT2D eigenvalue weighted by molar-refractivity contribution is -0.160. The van der Waals surface area contributed by atoms with Crippen molar-refractivity contribution in [3.63, 3.8) is 0 Å². The number of pyridine rings is 2. The number of piperidine rings is 1. The van der Waals surface area contributed by atoms with Crippen LogP contribution in [0.5, 0.6) is 11.5 Å². The Morgan fingerprint density at radius 3 is 2.21 bits per heavy atom. The number of ketones is 3. The lowest BCUT2D eigenvalue weighted by Gasteiger charge is -2.38. The largest absolute Gasteiger partial charge is 0.507 e. The molecule has 10 rings (SSSR count). The summed E-state index contributed by atoms with van der Waals surface area (Å²) < 4.78 is 47.9. The second kappa shape index (κ2) is 22.7. The number of carbonyl (C=O) groups excluding carboxylic acids is 5. The van der Waals surface area contributed by atoms with Gasteiger partial charge in [0.15, 0.2) is 5.82 Å². The van der Waals surface area contributed by atoms with Crippen molar-refractivity contribution in [1.29, 1.82) is 0 Å². The molecule has 7 aliphatic rings. The number of aliphatic hydroxyl groups is 2. The number of fused-ring (bicyclic) bond motifs is 15. The van der Waals surface area contributed by atoms with Gasteiger partial charge in [0.1, 0.15) is 29.0 Å². The normalized spacial score (nSPS) is 30.5. The molecule has 3 aromatic rings. The summed E-state index contributed by atoms with van der Waals surface area (Å²) >= 11 is 0. The highest BCUT2D eigenvalue weighted by Gasteiger charge is 2.53. The van der Waals surface area contributed by atoms with E-state index in [1.165, 1.54) is 63.8 Å². The Morgan fingerprint density at radius 1 is 0.863 bits per heavy atom. The van der Waals surface area contributed by atoms with E-state index in [-0.39, 0.29) is 64.5 Å². The van der Waals surface area contributed by atoms with Gasteiger partial charge in [0, 0.05) is 93.4 Å². The number of halogens is 1. The maximum atomic E-state index is 16.0. The number of allylic oxidation sites excluding steroid dienone is 4. The van der Waals surface area contributed by atoms with E-state index in [0.717, 1.165) is 35.9 Å². The number of aliphatic hydroxyl groups excluding tert-OH is 2. The number of nitrogens with one attached hydrogen (secondary N) is 1. The third kappa shape index (κ3) is 10.6. The molecule has 7 heterocycles. The maximum Gasteiger partial charge on any atom is 0.312 e. The monoisotopic (exact) mass is 1110 g/mol. The molecule has 0 spiro atoms. The molecule has 1 unspecified atom stereocenters. The van der Waals surface area contributed by atoms with E-state index in [0.29, 0.717) is 49.7 Å². The Hall–Kier alpha value is -6.67. The average molecular weight is 1110 g/mol. The summed E-state index contributed by atoms with van der Waals surface area (Å²) in [4.78, 5) is 88.6. The van der Waals surface area contributed by atoms with Gasteiger partial charge in [0.25, 0.3) is 17.2 Å². The van der Waals surface area contributed by atoms with Crippen molar-refractivity contribution in [3.8, 4) is 11.5 Å².